The normalized spacial score (nSPS) is 20.7. The zero-order chi connectivity index (χ0) is 20.2. The summed E-state index contributed by atoms with van der Waals surface area (Å²) in [6.07, 6.45) is -2.88. The lowest BCUT2D eigenvalue weighted by Crippen LogP contribution is -2.63. The fraction of sp³-hybridized carbons (Fsp3) is 0.684. The van der Waals surface area contributed by atoms with Crippen LogP contribution in [0.3, 0.4) is 0 Å². The number of nitrogens with one attached hydrogen (secondary N) is 1. The first kappa shape index (κ1) is 21.0. The Kier molecular flexibility index (Phi) is 6.57. The number of hydrogen-bond acceptors (Lipinski definition) is 5. The topological polar surface area (TPSA) is 57.7 Å². The van der Waals surface area contributed by atoms with Crippen LogP contribution in [0.4, 0.5) is 19.0 Å². The van der Waals surface area contributed by atoms with Crippen molar-refractivity contribution >= 4 is 11.7 Å². The van der Waals surface area contributed by atoms with Crippen molar-refractivity contribution in [2.75, 3.05) is 50.8 Å². The van der Waals surface area contributed by atoms with Crippen molar-refractivity contribution in [1.82, 2.24) is 15.2 Å². The molecule has 6 nitrogen and oxygen atoms in total. The first-order chi connectivity index (χ1) is 13.4. The largest absolute Gasteiger partial charge is 0.433 e. The Morgan fingerprint density at radius 1 is 1.29 bits per heavy atom. The van der Waals surface area contributed by atoms with Gasteiger partial charge in [0.25, 0.3) is 0 Å². The monoisotopic (exact) mass is 400 g/mol. The summed E-state index contributed by atoms with van der Waals surface area (Å²) in [4.78, 5) is 20.3. The van der Waals surface area contributed by atoms with Gasteiger partial charge in [-0.25, -0.2) is 4.98 Å². The van der Waals surface area contributed by atoms with Gasteiger partial charge in [-0.05, 0) is 25.0 Å². The molecule has 0 atom stereocenters. The highest BCUT2D eigenvalue weighted by Crippen LogP contribution is 2.33. The molecule has 0 radical (unpaired) electrons. The third-order valence-electron chi connectivity index (χ3n) is 5.57. The van der Waals surface area contributed by atoms with E-state index < -0.39 is 11.9 Å². The lowest BCUT2D eigenvalue weighted by atomic mass is 9.86. The van der Waals surface area contributed by atoms with E-state index >= 15 is 0 Å². The minimum absolute atomic E-state index is 0.0580. The molecule has 2 fully saturated rings. The Bertz CT molecular complexity index is 671. The average molecular weight is 400 g/mol. The third kappa shape index (κ3) is 4.64. The maximum Gasteiger partial charge on any atom is 0.433 e. The van der Waals surface area contributed by atoms with Crippen LogP contribution in [-0.2, 0) is 15.7 Å². The van der Waals surface area contributed by atoms with E-state index in [1.54, 1.807) is 6.92 Å². The maximum absolute atomic E-state index is 13.1. The summed E-state index contributed by atoms with van der Waals surface area (Å²) in [5, 5.41) is 3.32. The van der Waals surface area contributed by atoms with Gasteiger partial charge < -0.3 is 10.1 Å². The molecule has 2 aliphatic heterocycles. The molecule has 1 aromatic heterocycles. The molecule has 1 N–H and O–H groups in total. The fourth-order valence-corrected chi connectivity index (χ4v) is 3.98. The zero-order valence-corrected chi connectivity index (χ0v) is 16.1. The van der Waals surface area contributed by atoms with Crippen molar-refractivity contribution in [2.45, 2.75) is 37.9 Å². The van der Waals surface area contributed by atoms with E-state index in [4.69, 9.17) is 4.74 Å². The summed E-state index contributed by atoms with van der Waals surface area (Å²) in [5.74, 6) is -0.171. The van der Waals surface area contributed by atoms with Gasteiger partial charge >= 0.3 is 6.18 Å². The summed E-state index contributed by atoms with van der Waals surface area (Å²) >= 11 is 0. The Balaban J connectivity index is 1.93. The number of anilines is 1. The smallest absolute Gasteiger partial charge is 0.381 e. The molecule has 3 heterocycles. The number of amides is 1. The molecule has 0 bridgehead atoms. The number of carbonyl (C=O) groups is 1. The fourth-order valence-electron chi connectivity index (χ4n) is 3.98. The molecule has 0 aromatic carbocycles. The number of ether oxygens (including phenoxy) is 1. The van der Waals surface area contributed by atoms with Crippen molar-refractivity contribution in [3.63, 3.8) is 0 Å². The molecule has 0 spiro atoms. The highest BCUT2D eigenvalue weighted by Gasteiger charge is 2.42. The zero-order valence-electron chi connectivity index (χ0n) is 16.1. The van der Waals surface area contributed by atoms with Crippen LogP contribution >= 0.6 is 0 Å². The number of carbonyl (C=O) groups excluding carboxylic acids is 1. The number of pyridine rings is 1. The van der Waals surface area contributed by atoms with Crippen molar-refractivity contribution in [1.29, 1.82) is 0 Å². The van der Waals surface area contributed by atoms with Crippen LogP contribution in [-0.4, -0.2) is 67.3 Å². The number of halogens is 3. The molecule has 3 rings (SSSR count). The van der Waals surface area contributed by atoms with Gasteiger partial charge in [-0.2, -0.15) is 13.2 Å². The van der Waals surface area contributed by atoms with E-state index in [2.05, 4.69) is 15.2 Å². The molecule has 0 unspecified atom stereocenters. The van der Waals surface area contributed by atoms with Crippen LogP contribution in [0.2, 0.25) is 0 Å². The summed E-state index contributed by atoms with van der Waals surface area (Å²) in [6, 6.07) is 3.72. The SMILES string of the molecule is CCC(=O)N(CC1(N2CCNCC2)CCOCC1)c1cccc(C(F)(F)F)n1. The number of nitrogens with zero attached hydrogens (tertiary/aromatic N) is 3. The number of rotatable bonds is 5. The van der Waals surface area contributed by atoms with Crippen LogP contribution in [0.15, 0.2) is 18.2 Å². The van der Waals surface area contributed by atoms with Gasteiger partial charge in [0.1, 0.15) is 11.5 Å². The van der Waals surface area contributed by atoms with Crippen molar-refractivity contribution < 1.29 is 22.7 Å². The maximum atomic E-state index is 13.1. The van der Waals surface area contributed by atoms with E-state index in [-0.39, 0.29) is 23.7 Å². The van der Waals surface area contributed by atoms with Crippen LogP contribution < -0.4 is 10.2 Å². The molecule has 2 saturated heterocycles. The van der Waals surface area contributed by atoms with E-state index in [0.717, 1.165) is 45.1 Å². The van der Waals surface area contributed by atoms with E-state index in [1.165, 1.54) is 17.0 Å². The highest BCUT2D eigenvalue weighted by molar-refractivity contribution is 5.92. The van der Waals surface area contributed by atoms with Gasteiger partial charge in [0.2, 0.25) is 5.91 Å². The van der Waals surface area contributed by atoms with Crippen LogP contribution in [0.25, 0.3) is 0 Å². The number of piperazine rings is 1. The first-order valence-electron chi connectivity index (χ1n) is 9.74. The molecule has 0 saturated carbocycles. The predicted octanol–water partition coefficient (Wildman–Crippen LogP) is 2.30. The predicted molar refractivity (Wildman–Crippen MR) is 99.1 cm³/mol. The quantitative estimate of drug-likeness (QED) is 0.822. The molecule has 9 heteroatoms. The Morgan fingerprint density at radius 2 is 1.96 bits per heavy atom. The Hall–Kier alpha value is -1.71. The molecule has 0 aliphatic carbocycles. The van der Waals surface area contributed by atoms with Crippen LogP contribution in [0.5, 0.6) is 0 Å². The molecule has 28 heavy (non-hydrogen) atoms. The molecule has 1 amide bonds. The van der Waals surface area contributed by atoms with Gasteiger partial charge in [0, 0.05) is 57.9 Å². The molecule has 2 aliphatic rings. The average Bonchev–Trinajstić information content (AvgIpc) is 2.72. The second-order valence-corrected chi connectivity index (χ2v) is 7.29. The molecular formula is C19H27F3N4O2. The van der Waals surface area contributed by atoms with Gasteiger partial charge in [-0.15, -0.1) is 0 Å². The minimum Gasteiger partial charge on any atom is -0.381 e. The standard InChI is InChI=1S/C19H27F3N4O2/c1-2-17(27)26(16-5-3-4-15(24-16)19(20,21)22)14-18(6-12-28-13-7-18)25-10-8-23-9-11-25/h3-5,23H,2,6-14H2,1H3. The summed E-state index contributed by atoms with van der Waals surface area (Å²) in [5.41, 5.74) is -1.30. The van der Waals surface area contributed by atoms with Crippen molar-refractivity contribution in [2.24, 2.45) is 0 Å². The van der Waals surface area contributed by atoms with Gasteiger partial charge in [-0.1, -0.05) is 13.0 Å². The lowest BCUT2D eigenvalue weighted by Gasteiger charge is -2.49. The second-order valence-electron chi connectivity index (χ2n) is 7.29. The second kappa shape index (κ2) is 8.75. The van der Waals surface area contributed by atoms with Crippen molar-refractivity contribution in [3.8, 4) is 0 Å². The van der Waals surface area contributed by atoms with E-state index in [9.17, 15) is 18.0 Å². The summed E-state index contributed by atoms with van der Waals surface area (Å²) < 4.78 is 45.0. The minimum atomic E-state index is -4.55. The summed E-state index contributed by atoms with van der Waals surface area (Å²) in [7, 11) is 0. The number of hydrogen-bond donors (Lipinski definition) is 1. The Labute approximate surface area is 163 Å². The van der Waals surface area contributed by atoms with Crippen LogP contribution in [0.1, 0.15) is 31.9 Å². The molecule has 156 valence electrons. The first-order valence-corrected chi connectivity index (χ1v) is 9.74. The van der Waals surface area contributed by atoms with Crippen LogP contribution in [0, 0.1) is 0 Å². The van der Waals surface area contributed by atoms with Gasteiger partial charge in [-0.3, -0.25) is 14.6 Å². The van der Waals surface area contributed by atoms with Gasteiger partial charge in [0.15, 0.2) is 0 Å². The lowest BCUT2D eigenvalue weighted by molar-refractivity contribution is -0.141. The third-order valence-corrected chi connectivity index (χ3v) is 5.57. The van der Waals surface area contributed by atoms with E-state index in [0.29, 0.717) is 19.8 Å². The molecule has 1 aromatic rings. The molecular weight excluding hydrogens is 373 g/mol. The Morgan fingerprint density at radius 3 is 2.57 bits per heavy atom. The number of alkyl halides is 3. The highest BCUT2D eigenvalue weighted by atomic mass is 19.4. The van der Waals surface area contributed by atoms with Gasteiger partial charge in [0.05, 0.1) is 0 Å². The number of aromatic nitrogens is 1. The van der Waals surface area contributed by atoms with Crippen molar-refractivity contribution in [3.05, 3.63) is 23.9 Å². The summed E-state index contributed by atoms with van der Waals surface area (Å²) in [6.45, 7) is 6.57. The van der Waals surface area contributed by atoms with E-state index in [1.807, 2.05) is 0 Å².